The predicted molar refractivity (Wildman–Crippen MR) is 67.5 cm³/mol. The molecule has 0 aliphatic carbocycles. The van der Waals surface area contributed by atoms with Gasteiger partial charge in [-0.3, -0.25) is 0 Å². The molecule has 0 spiro atoms. The molecule has 1 aromatic carbocycles. The second kappa shape index (κ2) is 6.25. The summed E-state index contributed by atoms with van der Waals surface area (Å²) in [5, 5.41) is 21.5. The van der Waals surface area contributed by atoms with Gasteiger partial charge in [0.1, 0.15) is 0 Å². The fourth-order valence-corrected chi connectivity index (χ4v) is 1.57. The molecule has 1 unspecified atom stereocenters. The number of anilines is 1. The highest BCUT2D eigenvalue weighted by Crippen LogP contribution is 2.17. The average Bonchev–Trinajstić information content (AvgIpc) is 2.30. The number of carbonyl (C=O) groups is 1. The highest BCUT2D eigenvalue weighted by Gasteiger charge is 2.10. The van der Waals surface area contributed by atoms with Crippen molar-refractivity contribution in [3.05, 3.63) is 29.3 Å². The van der Waals surface area contributed by atoms with Crippen molar-refractivity contribution in [1.29, 1.82) is 0 Å². The molecule has 94 valence electrons. The Morgan fingerprint density at radius 1 is 1.47 bits per heavy atom. The first-order valence-corrected chi connectivity index (χ1v) is 5.80. The Balaban J connectivity index is 2.67. The predicted octanol–water partition coefficient (Wildman–Crippen LogP) is 2.27. The van der Waals surface area contributed by atoms with Crippen molar-refractivity contribution in [2.45, 2.75) is 32.8 Å². The van der Waals surface area contributed by atoms with E-state index in [1.165, 1.54) is 0 Å². The zero-order valence-electron chi connectivity index (χ0n) is 10.2. The van der Waals surface area contributed by atoms with Crippen molar-refractivity contribution in [2.24, 2.45) is 0 Å². The third-order valence-corrected chi connectivity index (χ3v) is 2.67. The molecule has 0 bridgehead atoms. The first-order chi connectivity index (χ1) is 8.04. The minimum Gasteiger partial charge on any atom is -0.478 e. The van der Waals surface area contributed by atoms with Crippen LogP contribution < -0.4 is 5.32 Å². The van der Waals surface area contributed by atoms with E-state index in [9.17, 15) is 9.90 Å². The van der Waals surface area contributed by atoms with Crippen LogP contribution in [0.3, 0.4) is 0 Å². The highest BCUT2D eigenvalue weighted by atomic mass is 16.4. The number of nitrogens with one attached hydrogen (secondary N) is 1. The molecule has 4 heteroatoms. The molecule has 0 aromatic heterocycles. The Labute approximate surface area is 101 Å². The summed E-state index contributed by atoms with van der Waals surface area (Å²) >= 11 is 0. The smallest absolute Gasteiger partial charge is 0.337 e. The molecule has 1 atom stereocenters. The standard InChI is InChI=1S/C13H19NO3/c1-3-10(15)6-7-14-12-5-4-9(2)8-11(12)13(16)17/h4-5,8,10,14-15H,3,6-7H2,1-2H3,(H,16,17). The van der Waals surface area contributed by atoms with Gasteiger partial charge in [0.2, 0.25) is 0 Å². The van der Waals surface area contributed by atoms with Gasteiger partial charge in [-0.15, -0.1) is 0 Å². The fraction of sp³-hybridized carbons (Fsp3) is 0.462. The maximum absolute atomic E-state index is 11.0. The molecule has 0 amide bonds. The van der Waals surface area contributed by atoms with Crippen LogP contribution >= 0.6 is 0 Å². The van der Waals surface area contributed by atoms with Gasteiger partial charge in [0.05, 0.1) is 11.7 Å². The zero-order chi connectivity index (χ0) is 12.8. The van der Waals surface area contributed by atoms with E-state index >= 15 is 0 Å². The molecule has 0 fully saturated rings. The van der Waals surface area contributed by atoms with Crippen molar-refractivity contribution in [1.82, 2.24) is 0 Å². The van der Waals surface area contributed by atoms with Gasteiger partial charge in [0.15, 0.2) is 0 Å². The summed E-state index contributed by atoms with van der Waals surface area (Å²) in [5.41, 5.74) is 1.80. The van der Waals surface area contributed by atoms with Crippen molar-refractivity contribution in [2.75, 3.05) is 11.9 Å². The topological polar surface area (TPSA) is 69.6 Å². The molecule has 4 nitrogen and oxygen atoms in total. The molecule has 1 rings (SSSR count). The molecule has 3 N–H and O–H groups in total. The van der Waals surface area contributed by atoms with Crippen LogP contribution in [-0.4, -0.2) is 28.8 Å². The molecule has 0 aliphatic rings. The maximum Gasteiger partial charge on any atom is 0.337 e. The Bertz CT molecular complexity index is 390. The van der Waals surface area contributed by atoms with Crippen LogP contribution in [0.5, 0.6) is 0 Å². The Kier molecular flexibility index (Phi) is 4.97. The van der Waals surface area contributed by atoms with Gasteiger partial charge in [-0.05, 0) is 31.9 Å². The van der Waals surface area contributed by atoms with E-state index in [1.54, 1.807) is 12.1 Å². The molecule has 0 saturated carbocycles. The second-order valence-corrected chi connectivity index (χ2v) is 4.13. The average molecular weight is 237 g/mol. The minimum atomic E-state index is -0.938. The van der Waals surface area contributed by atoms with Gasteiger partial charge >= 0.3 is 5.97 Å². The number of rotatable bonds is 6. The van der Waals surface area contributed by atoms with E-state index in [1.807, 2.05) is 19.9 Å². The highest BCUT2D eigenvalue weighted by molar-refractivity contribution is 5.94. The van der Waals surface area contributed by atoms with Gasteiger partial charge in [-0.25, -0.2) is 4.79 Å². The number of carboxylic acids is 1. The fourth-order valence-electron chi connectivity index (χ4n) is 1.57. The van der Waals surface area contributed by atoms with Gasteiger partial charge < -0.3 is 15.5 Å². The molecule has 0 radical (unpaired) electrons. The molecule has 0 aliphatic heterocycles. The summed E-state index contributed by atoms with van der Waals surface area (Å²) < 4.78 is 0. The number of carboxylic acid groups (broad SMARTS) is 1. The van der Waals surface area contributed by atoms with E-state index in [-0.39, 0.29) is 11.7 Å². The number of aliphatic hydroxyl groups excluding tert-OH is 1. The summed E-state index contributed by atoms with van der Waals surface area (Å²) in [4.78, 5) is 11.0. The summed E-state index contributed by atoms with van der Waals surface area (Å²) in [6.07, 6.45) is 0.992. The van der Waals surface area contributed by atoms with E-state index in [2.05, 4.69) is 5.32 Å². The van der Waals surface area contributed by atoms with Crippen LogP contribution in [0.25, 0.3) is 0 Å². The van der Waals surface area contributed by atoms with Crippen LogP contribution in [0.1, 0.15) is 35.7 Å². The largest absolute Gasteiger partial charge is 0.478 e. The quantitative estimate of drug-likeness (QED) is 0.710. The van der Waals surface area contributed by atoms with Crippen LogP contribution in [0.4, 0.5) is 5.69 Å². The Morgan fingerprint density at radius 3 is 2.76 bits per heavy atom. The van der Waals surface area contributed by atoms with Gasteiger partial charge in [0.25, 0.3) is 0 Å². The summed E-state index contributed by atoms with van der Waals surface area (Å²) in [5.74, 6) is -0.938. The third kappa shape index (κ3) is 4.07. The molecule has 1 aromatic rings. The van der Waals surface area contributed by atoms with Crippen molar-refractivity contribution >= 4 is 11.7 Å². The van der Waals surface area contributed by atoms with Gasteiger partial charge in [0, 0.05) is 12.2 Å². The van der Waals surface area contributed by atoms with E-state index in [0.29, 0.717) is 25.1 Å². The van der Waals surface area contributed by atoms with Crippen molar-refractivity contribution in [3.8, 4) is 0 Å². The van der Waals surface area contributed by atoms with Crippen LogP contribution in [0, 0.1) is 6.92 Å². The molecule has 0 saturated heterocycles. The van der Waals surface area contributed by atoms with Crippen LogP contribution in [-0.2, 0) is 0 Å². The number of hydrogen-bond acceptors (Lipinski definition) is 3. The lowest BCUT2D eigenvalue weighted by Crippen LogP contribution is -2.14. The van der Waals surface area contributed by atoms with Gasteiger partial charge in [-0.2, -0.15) is 0 Å². The van der Waals surface area contributed by atoms with Crippen molar-refractivity contribution in [3.63, 3.8) is 0 Å². The maximum atomic E-state index is 11.0. The van der Waals surface area contributed by atoms with E-state index in [0.717, 1.165) is 5.56 Å². The van der Waals surface area contributed by atoms with Crippen molar-refractivity contribution < 1.29 is 15.0 Å². The number of hydrogen-bond donors (Lipinski definition) is 3. The minimum absolute atomic E-state index is 0.274. The lowest BCUT2D eigenvalue weighted by atomic mass is 10.1. The first kappa shape index (κ1) is 13.5. The Hall–Kier alpha value is -1.55. The van der Waals surface area contributed by atoms with Crippen LogP contribution in [0.2, 0.25) is 0 Å². The lowest BCUT2D eigenvalue weighted by Gasteiger charge is -2.12. The molecule has 17 heavy (non-hydrogen) atoms. The number of benzene rings is 1. The summed E-state index contributed by atoms with van der Waals surface area (Å²) in [7, 11) is 0. The van der Waals surface area contributed by atoms with E-state index < -0.39 is 5.97 Å². The number of aliphatic hydroxyl groups is 1. The molecular weight excluding hydrogens is 218 g/mol. The second-order valence-electron chi connectivity index (χ2n) is 4.13. The first-order valence-electron chi connectivity index (χ1n) is 5.80. The number of aryl methyl sites for hydroxylation is 1. The van der Waals surface area contributed by atoms with Gasteiger partial charge in [-0.1, -0.05) is 18.6 Å². The summed E-state index contributed by atoms with van der Waals surface area (Å²) in [6.45, 7) is 4.34. The van der Waals surface area contributed by atoms with Crippen LogP contribution in [0.15, 0.2) is 18.2 Å². The SMILES string of the molecule is CCC(O)CCNc1ccc(C)cc1C(=O)O. The monoisotopic (exact) mass is 237 g/mol. The lowest BCUT2D eigenvalue weighted by molar-refractivity contribution is 0.0698. The number of aromatic carboxylic acids is 1. The molecule has 0 heterocycles. The zero-order valence-corrected chi connectivity index (χ0v) is 10.2. The normalized spacial score (nSPS) is 12.2. The van der Waals surface area contributed by atoms with E-state index in [4.69, 9.17) is 5.11 Å². The summed E-state index contributed by atoms with van der Waals surface area (Å²) in [6, 6.07) is 5.27. The molecular formula is C13H19NO3. The Morgan fingerprint density at radius 2 is 2.18 bits per heavy atom. The third-order valence-electron chi connectivity index (χ3n) is 2.67.